The standard InChI is InChI=1S/C45H35N3S/c1-31-12-10-20-41-40-19-8-9-21-42(40)47(43(31)41)36-24-26-37(27-25-36)48-44(33-13-4-2-5-14-33)46-45(48)35-16-11-15-34(30-35)32-22-28-39(29-23-32)49-38-17-6-3-7-18-38/h2-11,13-31,45H,12H2,1H3/p+3. The van der Waals surface area contributed by atoms with Gasteiger partial charge in [-0.25, -0.2) is 0 Å². The molecule has 236 valence electrons. The van der Waals surface area contributed by atoms with Crippen LogP contribution in [0, 0.1) is 0 Å². The van der Waals surface area contributed by atoms with Crippen molar-refractivity contribution in [2.24, 2.45) is 0 Å². The Morgan fingerprint density at radius 1 is 0.653 bits per heavy atom. The molecule has 1 aromatic heterocycles. The van der Waals surface area contributed by atoms with Crippen molar-refractivity contribution < 1.29 is 9.89 Å². The van der Waals surface area contributed by atoms with Gasteiger partial charge in [0.25, 0.3) is 0 Å². The van der Waals surface area contributed by atoms with Crippen molar-refractivity contribution >= 4 is 40.3 Å². The van der Waals surface area contributed by atoms with Crippen LogP contribution in [0.4, 0.5) is 5.69 Å². The Balaban J connectivity index is 1.06. The van der Waals surface area contributed by atoms with E-state index in [4.69, 9.17) is 0 Å². The molecule has 0 saturated carbocycles. The maximum absolute atomic E-state index is 2.49. The van der Waals surface area contributed by atoms with E-state index >= 15 is 0 Å². The summed E-state index contributed by atoms with van der Waals surface area (Å²) in [6.45, 7) is 2.35. The molecule has 4 heteroatoms. The van der Waals surface area contributed by atoms with E-state index in [-0.39, 0.29) is 6.17 Å². The first-order valence-electron chi connectivity index (χ1n) is 17.2. The Morgan fingerprint density at radius 2 is 1.35 bits per heavy atom. The molecule has 0 amide bonds. The number of aromatic nitrogens is 1. The summed E-state index contributed by atoms with van der Waals surface area (Å²) in [5.41, 5.74) is 11.5. The molecule has 0 spiro atoms. The molecule has 2 heterocycles. The van der Waals surface area contributed by atoms with Gasteiger partial charge in [-0.2, -0.15) is 5.32 Å². The summed E-state index contributed by atoms with van der Waals surface area (Å²) >= 11 is 1.23. The number of amidine groups is 1. The lowest BCUT2D eigenvalue weighted by atomic mass is 9.93. The summed E-state index contributed by atoms with van der Waals surface area (Å²) in [5, 5.41) is 3.74. The fraction of sp³-hybridized carbons (Fsp3) is 0.0889. The van der Waals surface area contributed by atoms with Gasteiger partial charge >= 0.3 is 12.0 Å². The van der Waals surface area contributed by atoms with Crippen LogP contribution < -0.4 is 5.32 Å². The smallest absolute Gasteiger partial charge is 0.313 e. The van der Waals surface area contributed by atoms with Crippen molar-refractivity contribution in [3.05, 3.63) is 186 Å². The molecule has 2 unspecified atom stereocenters. The molecular weight excluding hydrogens is 615 g/mol. The summed E-state index contributed by atoms with van der Waals surface area (Å²) < 4.78 is 4.98. The van der Waals surface area contributed by atoms with Gasteiger partial charge in [-0.05, 0) is 96.4 Å². The Labute approximate surface area is 291 Å². The molecule has 2 atom stereocenters. The van der Waals surface area contributed by atoms with Crippen LogP contribution in [0.1, 0.15) is 47.8 Å². The number of thiol groups is 1. The zero-order chi connectivity index (χ0) is 32.7. The Bertz CT molecular complexity index is 2350. The minimum atomic E-state index is 0.141. The molecule has 9 rings (SSSR count). The molecule has 6 aromatic carbocycles. The Morgan fingerprint density at radius 3 is 2.14 bits per heavy atom. The molecule has 2 aliphatic rings. The molecule has 0 fully saturated rings. The molecule has 0 radical (unpaired) electrons. The van der Waals surface area contributed by atoms with Crippen LogP contribution in [0.15, 0.2) is 174 Å². The van der Waals surface area contributed by atoms with Gasteiger partial charge in [-0.3, -0.25) is 0 Å². The summed E-state index contributed by atoms with van der Waals surface area (Å²) in [6.07, 6.45) is 5.85. The molecule has 1 aliphatic heterocycles. The van der Waals surface area contributed by atoms with Crippen molar-refractivity contribution in [3.8, 4) is 16.8 Å². The highest BCUT2D eigenvalue weighted by Crippen LogP contribution is 2.39. The number of para-hydroxylation sites is 1. The summed E-state index contributed by atoms with van der Waals surface area (Å²) in [4.78, 5) is 2.61. The van der Waals surface area contributed by atoms with Crippen LogP contribution in [0.2, 0.25) is 0 Å². The fourth-order valence-electron chi connectivity index (χ4n) is 7.53. The van der Waals surface area contributed by atoms with Crippen LogP contribution in [0.5, 0.6) is 0 Å². The molecule has 0 bridgehead atoms. The van der Waals surface area contributed by atoms with E-state index in [1.165, 1.54) is 83.2 Å². The zero-order valence-electron chi connectivity index (χ0n) is 27.4. The van der Waals surface area contributed by atoms with E-state index in [0.717, 1.165) is 6.42 Å². The first-order valence-corrected chi connectivity index (χ1v) is 18.0. The average molecular weight is 653 g/mol. The zero-order valence-corrected chi connectivity index (χ0v) is 28.3. The minimum Gasteiger partial charge on any atom is -0.313 e. The number of rotatable bonds is 7. The summed E-state index contributed by atoms with van der Waals surface area (Å²) in [6, 6.07) is 57.5. The number of nitrogens with two attached hydrogens (primary N) is 1. The van der Waals surface area contributed by atoms with Gasteiger partial charge in [0.2, 0.25) is 5.69 Å². The Kier molecular flexibility index (Phi) is 7.61. The third kappa shape index (κ3) is 5.44. The van der Waals surface area contributed by atoms with Gasteiger partial charge in [0, 0.05) is 52.1 Å². The largest absolute Gasteiger partial charge is 0.384 e. The summed E-state index contributed by atoms with van der Waals surface area (Å²) in [5.74, 6) is 1.71. The van der Waals surface area contributed by atoms with Gasteiger partial charge in [-0.1, -0.05) is 90.4 Å². The third-order valence-corrected chi connectivity index (χ3v) is 11.1. The van der Waals surface area contributed by atoms with Crippen molar-refractivity contribution in [1.29, 1.82) is 0 Å². The van der Waals surface area contributed by atoms with Crippen LogP contribution in [-0.2, 0) is 11.8 Å². The first kappa shape index (κ1) is 29.7. The van der Waals surface area contributed by atoms with Gasteiger partial charge in [0.1, 0.15) is 5.56 Å². The molecule has 3 nitrogen and oxygen atoms in total. The number of nitrogens with zero attached hydrogens (tertiary/aromatic N) is 2. The van der Waals surface area contributed by atoms with Gasteiger partial charge in [0.05, 0.1) is 11.1 Å². The molecule has 7 aromatic rings. The van der Waals surface area contributed by atoms with Crippen LogP contribution >= 0.6 is 0 Å². The average Bonchev–Trinajstić information content (AvgIpc) is 3.49. The quantitative estimate of drug-likeness (QED) is 0.101. The normalized spacial score (nSPS) is 16.8. The lowest BCUT2D eigenvalue weighted by Gasteiger charge is -2.24. The van der Waals surface area contributed by atoms with Crippen LogP contribution in [-0.4, -0.2) is 15.0 Å². The number of quaternary nitrogens is 1. The van der Waals surface area contributed by atoms with E-state index in [1.807, 2.05) is 0 Å². The second-order valence-electron chi connectivity index (χ2n) is 13.1. The van der Waals surface area contributed by atoms with Crippen molar-refractivity contribution in [2.75, 3.05) is 0 Å². The molecule has 1 aliphatic carbocycles. The maximum Gasteiger partial charge on any atom is 0.384 e. The predicted octanol–water partition coefficient (Wildman–Crippen LogP) is 9.42. The molecule has 49 heavy (non-hydrogen) atoms. The second-order valence-corrected chi connectivity index (χ2v) is 14.3. The lowest BCUT2D eigenvalue weighted by Crippen LogP contribution is -2.99. The van der Waals surface area contributed by atoms with E-state index in [1.54, 1.807) is 0 Å². The van der Waals surface area contributed by atoms with Gasteiger partial charge in [0.15, 0.2) is 9.79 Å². The Hall–Kier alpha value is -5.42. The maximum atomic E-state index is 2.49. The lowest BCUT2D eigenvalue weighted by molar-refractivity contribution is -0.866. The minimum absolute atomic E-state index is 0.141. The highest BCUT2D eigenvalue weighted by Gasteiger charge is 2.47. The second kappa shape index (κ2) is 12.6. The number of benzene rings is 6. The topological polar surface area (TPSA) is 24.5 Å². The molecular formula is C45H38N3S+3. The van der Waals surface area contributed by atoms with Crippen molar-refractivity contribution in [1.82, 2.24) is 4.57 Å². The van der Waals surface area contributed by atoms with E-state index in [9.17, 15) is 0 Å². The number of hydrogen-bond acceptors (Lipinski definition) is 0. The van der Waals surface area contributed by atoms with Gasteiger partial charge < -0.3 is 4.57 Å². The molecule has 2 N–H and O–H groups in total. The van der Waals surface area contributed by atoms with E-state index in [2.05, 4.69) is 191 Å². The van der Waals surface area contributed by atoms with Crippen LogP contribution in [0.3, 0.4) is 0 Å². The highest BCUT2D eigenvalue weighted by atomic mass is 32.2. The summed E-state index contributed by atoms with van der Waals surface area (Å²) in [7, 11) is 0. The van der Waals surface area contributed by atoms with Crippen molar-refractivity contribution in [2.45, 2.75) is 35.2 Å². The predicted molar refractivity (Wildman–Crippen MR) is 204 cm³/mol. The third-order valence-electron chi connectivity index (χ3n) is 9.95. The highest BCUT2D eigenvalue weighted by molar-refractivity contribution is 7.78. The number of allylic oxidation sites excluding steroid dienone is 1. The number of fused-ring (bicyclic) bond motifs is 3. The number of hydrogen-bond donors (Lipinski definition) is 1. The van der Waals surface area contributed by atoms with E-state index in [0.29, 0.717) is 5.92 Å². The first-order chi connectivity index (χ1) is 24.2. The monoisotopic (exact) mass is 652 g/mol. The fourth-order valence-corrected chi connectivity index (χ4v) is 8.45. The molecule has 0 saturated heterocycles. The van der Waals surface area contributed by atoms with Gasteiger partial charge in [-0.15, -0.1) is 0 Å². The SMILES string of the molecule is CC1CC=Cc2c1n(-c1ccc([N+]3=C(c4ccccc4)[NH2+]C3c3cccc(-c4ccc([SH+]c5ccccc5)cc4)c3)cc1)c1ccccc21. The van der Waals surface area contributed by atoms with Crippen molar-refractivity contribution in [3.63, 3.8) is 0 Å². The van der Waals surface area contributed by atoms with Crippen LogP contribution in [0.25, 0.3) is 33.8 Å². The van der Waals surface area contributed by atoms with E-state index < -0.39 is 0 Å².